The van der Waals surface area contributed by atoms with Crippen LogP contribution in [0, 0.1) is 0 Å². The fourth-order valence-electron chi connectivity index (χ4n) is 3.23. The molecular formula is C21H26FNS. The summed E-state index contributed by atoms with van der Waals surface area (Å²) >= 11 is 0. The maximum absolute atomic E-state index is 14.0. The van der Waals surface area contributed by atoms with Crippen LogP contribution in [-0.4, -0.2) is 41.7 Å². The average molecular weight is 344 g/mol. The van der Waals surface area contributed by atoms with E-state index < -0.39 is 14.9 Å². The van der Waals surface area contributed by atoms with Crippen molar-refractivity contribution in [1.82, 2.24) is 4.90 Å². The zero-order valence-electron chi connectivity index (χ0n) is 14.6. The van der Waals surface area contributed by atoms with Gasteiger partial charge in [0.1, 0.15) is 5.67 Å². The summed E-state index contributed by atoms with van der Waals surface area (Å²) in [4.78, 5) is 3.41. The molecular weight excluding hydrogens is 317 g/mol. The third kappa shape index (κ3) is 4.08. The highest BCUT2D eigenvalue weighted by Crippen LogP contribution is 2.31. The van der Waals surface area contributed by atoms with Crippen LogP contribution in [0.25, 0.3) is 11.1 Å². The van der Waals surface area contributed by atoms with Crippen LogP contribution in [0.1, 0.15) is 18.9 Å². The Hall–Kier alpha value is -1.58. The summed E-state index contributed by atoms with van der Waals surface area (Å²) in [5.41, 5.74) is 2.59. The standard InChI is InChI=1S/C21H26FNS/c1-21(22)12-13-23(16-21)15-17-6-5-7-19(14-17)18-8-10-20(11-9-18)24(2,3)4/h5-11,14H,2-3,12-13,15-16H2,1,4H3. The molecule has 2 aromatic carbocycles. The molecule has 1 heterocycles. The minimum Gasteiger partial charge on any atom is -0.296 e. The topological polar surface area (TPSA) is 3.24 Å². The van der Waals surface area contributed by atoms with Crippen molar-refractivity contribution < 1.29 is 4.39 Å². The number of benzene rings is 2. The van der Waals surface area contributed by atoms with Gasteiger partial charge in [-0.25, -0.2) is 4.39 Å². The number of halogens is 1. The first-order valence-corrected chi connectivity index (χ1v) is 10.7. The Kier molecular flexibility index (Phi) is 4.58. The monoisotopic (exact) mass is 343 g/mol. The summed E-state index contributed by atoms with van der Waals surface area (Å²) in [7, 11) is -1.18. The van der Waals surface area contributed by atoms with Crippen LogP contribution >= 0.6 is 9.21 Å². The smallest absolute Gasteiger partial charge is 0.122 e. The molecule has 2 aromatic rings. The Bertz CT molecular complexity index is 819. The molecule has 1 aliphatic rings. The fourth-order valence-corrected chi connectivity index (χ4v) is 4.03. The maximum atomic E-state index is 14.0. The third-order valence-corrected chi connectivity index (χ3v) is 6.00. The van der Waals surface area contributed by atoms with E-state index in [1.807, 2.05) is 0 Å². The first kappa shape index (κ1) is 17.2. The van der Waals surface area contributed by atoms with E-state index in [0.717, 1.165) is 13.1 Å². The quantitative estimate of drug-likeness (QED) is 0.710. The molecule has 0 saturated carbocycles. The van der Waals surface area contributed by atoms with E-state index >= 15 is 0 Å². The van der Waals surface area contributed by atoms with Crippen molar-refractivity contribution in [3.05, 3.63) is 54.1 Å². The minimum atomic E-state index is -1.18. The van der Waals surface area contributed by atoms with Gasteiger partial charge in [-0.15, -0.1) is 0 Å². The van der Waals surface area contributed by atoms with Crippen molar-refractivity contribution in [3.8, 4) is 11.1 Å². The predicted molar refractivity (Wildman–Crippen MR) is 107 cm³/mol. The van der Waals surface area contributed by atoms with Crippen molar-refractivity contribution >= 4 is 20.9 Å². The number of hydrogen-bond donors (Lipinski definition) is 0. The summed E-state index contributed by atoms with van der Waals surface area (Å²) in [6.45, 7) is 3.87. The summed E-state index contributed by atoms with van der Waals surface area (Å²) in [6, 6.07) is 17.1. The van der Waals surface area contributed by atoms with Crippen molar-refractivity contribution in [1.29, 1.82) is 0 Å². The van der Waals surface area contributed by atoms with Gasteiger partial charge in [-0.3, -0.25) is 4.90 Å². The lowest BCUT2D eigenvalue weighted by molar-refractivity contribution is 0.186. The fraction of sp³-hybridized carbons (Fsp3) is 0.333. The highest BCUT2D eigenvalue weighted by Gasteiger charge is 2.33. The highest BCUT2D eigenvalue weighted by atomic mass is 32.2. The maximum Gasteiger partial charge on any atom is 0.122 e. The number of nitrogens with zero attached hydrogens (tertiary/aromatic N) is 1. The molecule has 1 fully saturated rings. The SMILES string of the molecule is C=S(=C)(C)c1ccc(-c2cccc(CN3CCC(C)(F)C3)c2)cc1. The first-order valence-electron chi connectivity index (χ1n) is 8.28. The van der Waals surface area contributed by atoms with E-state index in [9.17, 15) is 4.39 Å². The zero-order valence-corrected chi connectivity index (χ0v) is 15.4. The van der Waals surface area contributed by atoms with Crippen LogP contribution in [0.3, 0.4) is 0 Å². The number of alkyl halides is 1. The molecule has 128 valence electrons. The van der Waals surface area contributed by atoms with Crippen molar-refractivity contribution in [3.63, 3.8) is 0 Å². The van der Waals surface area contributed by atoms with E-state index in [1.54, 1.807) is 6.92 Å². The molecule has 3 heteroatoms. The number of rotatable bonds is 4. The van der Waals surface area contributed by atoms with Gasteiger partial charge in [0.05, 0.1) is 0 Å². The van der Waals surface area contributed by atoms with Crippen molar-refractivity contribution in [2.75, 3.05) is 19.3 Å². The van der Waals surface area contributed by atoms with Gasteiger partial charge in [0.15, 0.2) is 0 Å². The van der Waals surface area contributed by atoms with Gasteiger partial charge in [-0.05, 0) is 59.4 Å². The van der Waals surface area contributed by atoms with Crippen LogP contribution in [-0.2, 0) is 6.54 Å². The van der Waals surface area contributed by atoms with Crippen LogP contribution in [0.2, 0.25) is 0 Å². The lowest BCUT2D eigenvalue weighted by Gasteiger charge is -2.17. The van der Waals surface area contributed by atoms with Gasteiger partial charge in [-0.2, -0.15) is 9.21 Å². The number of hydrogen-bond acceptors (Lipinski definition) is 1. The Morgan fingerprint density at radius 1 is 1.12 bits per heavy atom. The molecule has 1 unspecified atom stereocenters. The van der Waals surface area contributed by atoms with Gasteiger partial charge in [0, 0.05) is 19.6 Å². The van der Waals surface area contributed by atoms with E-state index in [0.29, 0.717) is 13.0 Å². The van der Waals surface area contributed by atoms with E-state index in [-0.39, 0.29) is 0 Å². The molecule has 3 rings (SSSR count). The second-order valence-electron chi connectivity index (χ2n) is 7.37. The van der Waals surface area contributed by atoms with Gasteiger partial charge < -0.3 is 0 Å². The molecule has 0 spiro atoms. The lowest BCUT2D eigenvalue weighted by Crippen LogP contribution is -2.25. The minimum absolute atomic E-state index is 0.528. The van der Waals surface area contributed by atoms with E-state index in [4.69, 9.17) is 0 Å². The second-order valence-corrected chi connectivity index (χ2v) is 10.4. The molecule has 1 nitrogen and oxygen atoms in total. The molecule has 1 atom stereocenters. The zero-order chi connectivity index (χ0) is 17.4. The van der Waals surface area contributed by atoms with Gasteiger partial charge in [0.25, 0.3) is 0 Å². The average Bonchev–Trinajstić information content (AvgIpc) is 2.86. The predicted octanol–water partition coefficient (Wildman–Crippen LogP) is 4.94. The lowest BCUT2D eigenvalue weighted by atomic mass is 10.0. The molecule has 0 bridgehead atoms. The normalized spacial score (nSPS) is 22.0. The van der Waals surface area contributed by atoms with Crippen LogP contribution in [0.4, 0.5) is 4.39 Å². The van der Waals surface area contributed by atoms with Crippen LogP contribution in [0.5, 0.6) is 0 Å². The first-order chi connectivity index (χ1) is 11.2. The van der Waals surface area contributed by atoms with Gasteiger partial charge in [-0.1, -0.05) is 42.1 Å². The van der Waals surface area contributed by atoms with Gasteiger partial charge in [0.2, 0.25) is 0 Å². The summed E-state index contributed by atoms with van der Waals surface area (Å²) < 4.78 is 14.0. The molecule has 1 saturated heterocycles. The molecule has 1 aliphatic heterocycles. The Morgan fingerprint density at radius 3 is 2.42 bits per heavy atom. The summed E-state index contributed by atoms with van der Waals surface area (Å²) in [5.74, 6) is 8.32. The number of likely N-dealkylation sites (tertiary alicyclic amines) is 1. The summed E-state index contributed by atoms with van der Waals surface area (Å²) in [6.07, 6.45) is 2.72. The molecule has 24 heavy (non-hydrogen) atoms. The molecule has 0 N–H and O–H groups in total. The highest BCUT2D eigenvalue weighted by molar-refractivity contribution is 8.27. The second kappa shape index (κ2) is 6.38. The van der Waals surface area contributed by atoms with E-state index in [2.05, 4.69) is 71.4 Å². The Morgan fingerprint density at radius 2 is 1.83 bits per heavy atom. The van der Waals surface area contributed by atoms with Crippen LogP contribution < -0.4 is 0 Å². The summed E-state index contributed by atoms with van der Waals surface area (Å²) in [5, 5.41) is 0. The third-order valence-electron chi connectivity index (χ3n) is 4.59. The molecule has 0 aromatic heterocycles. The Labute approximate surface area is 145 Å². The Balaban J connectivity index is 1.78. The molecule has 0 aliphatic carbocycles. The largest absolute Gasteiger partial charge is 0.296 e. The molecule has 0 radical (unpaired) electrons. The van der Waals surface area contributed by atoms with E-state index in [1.165, 1.54) is 21.6 Å². The molecule has 0 amide bonds. The van der Waals surface area contributed by atoms with Crippen molar-refractivity contribution in [2.24, 2.45) is 0 Å². The van der Waals surface area contributed by atoms with Crippen LogP contribution in [0.15, 0.2) is 53.4 Å². The van der Waals surface area contributed by atoms with Gasteiger partial charge >= 0.3 is 0 Å². The van der Waals surface area contributed by atoms with Crippen molar-refractivity contribution in [2.45, 2.75) is 30.5 Å².